The molecule has 0 atom stereocenters. The van der Waals surface area contributed by atoms with Crippen LogP contribution in [0.15, 0.2) is 53.5 Å². The number of pyridine rings is 1. The smallest absolute Gasteiger partial charge is 0.254 e. The second-order valence-electron chi connectivity index (χ2n) is 6.06. The van der Waals surface area contributed by atoms with E-state index in [-0.39, 0.29) is 36.7 Å². The van der Waals surface area contributed by atoms with E-state index in [4.69, 9.17) is 0 Å². The topological polar surface area (TPSA) is 87.7 Å². The van der Waals surface area contributed by atoms with Gasteiger partial charge in [-0.3, -0.25) is 14.6 Å². The van der Waals surface area contributed by atoms with Crippen molar-refractivity contribution in [2.45, 2.75) is 26.3 Å². The number of rotatable bonds is 6. The van der Waals surface area contributed by atoms with Crippen molar-refractivity contribution in [2.75, 3.05) is 0 Å². The van der Waals surface area contributed by atoms with Crippen LogP contribution in [0.4, 0.5) is 4.39 Å². The molecule has 0 aliphatic heterocycles. The van der Waals surface area contributed by atoms with Gasteiger partial charge in [0.2, 0.25) is 5.91 Å². The minimum absolute atomic E-state index is 0.109. The molecule has 2 aromatic heterocycles. The van der Waals surface area contributed by atoms with Gasteiger partial charge in [-0.1, -0.05) is 24.3 Å². The fourth-order valence-corrected chi connectivity index (χ4v) is 2.69. The van der Waals surface area contributed by atoms with Crippen molar-refractivity contribution in [1.29, 1.82) is 0 Å². The molecular formula is C20H19FN4O2. The van der Waals surface area contributed by atoms with E-state index in [1.165, 1.54) is 6.07 Å². The molecule has 27 heavy (non-hydrogen) atoms. The number of amides is 1. The van der Waals surface area contributed by atoms with Crippen LogP contribution in [0, 0.1) is 12.7 Å². The van der Waals surface area contributed by atoms with E-state index in [2.05, 4.69) is 20.3 Å². The van der Waals surface area contributed by atoms with Gasteiger partial charge >= 0.3 is 0 Å². The van der Waals surface area contributed by atoms with E-state index < -0.39 is 0 Å². The van der Waals surface area contributed by atoms with E-state index in [0.29, 0.717) is 28.3 Å². The predicted octanol–water partition coefficient (Wildman–Crippen LogP) is 2.53. The molecule has 1 amide bonds. The fraction of sp³-hybridized carbons (Fsp3) is 0.200. The van der Waals surface area contributed by atoms with E-state index in [9.17, 15) is 14.0 Å². The van der Waals surface area contributed by atoms with Gasteiger partial charge in [-0.05, 0) is 31.5 Å². The van der Waals surface area contributed by atoms with Gasteiger partial charge in [0.15, 0.2) is 5.82 Å². The number of hydrogen-bond acceptors (Lipinski definition) is 4. The summed E-state index contributed by atoms with van der Waals surface area (Å²) in [5.41, 5.74) is 1.72. The van der Waals surface area contributed by atoms with Crippen LogP contribution in [0.5, 0.6) is 0 Å². The maximum Gasteiger partial charge on any atom is 0.254 e. The Labute approximate surface area is 155 Å². The molecule has 0 saturated carbocycles. The summed E-state index contributed by atoms with van der Waals surface area (Å²) in [7, 11) is 0. The number of aromatic nitrogens is 3. The lowest BCUT2D eigenvalue weighted by molar-refractivity contribution is -0.121. The summed E-state index contributed by atoms with van der Waals surface area (Å²) in [6.45, 7) is 1.84. The lowest BCUT2D eigenvalue weighted by Crippen LogP contribution is -2.25. The predicted molar refractivity (Wildman–Crippen MR) is 99.4 cm³/mol. The Morgan fingerprint density at radius 2 is 1.96 bits per heavy atom. The molecule has 0 saturated heterocycles. The number of halogens is 1. The second-order valence-corrected chi connectivity index (χ2v) is 6.06. The zero-order chi connectivity index (χ0) is 19.2. The highest BCUT2D eigenvalue weighted by Crippen LogP contribution is 2.12. The van der Waals surface area contributed by atoms with Crippen LogP contribution in [0.25, 0.3) is 11.5 Å². The fourth-order valence-electron chi connectivity index (χ4n) is 2.69. The highest BCUT2D eigenvalue weighted by Gasteiger charge is 2.12. The third-order valence-corrected chi connectivity index (χ3v) is 4.17. The zero-order valence-electron chi connectivity index (χ0n) is 14.8. The van der Waals surface area contributed by atoms with Crippen molar-refractivity contribution >= 4 is 5.91 Å². The van der Waals surface area contributed by atoms with Crippen LogP contribution in [-0.4, -0.2) is 20.9 Å². The minimum Gasteiger partial charge on any atom is -0.352 e. The molecule has 0 unspecified atom stereocenters. The lowest BCUT2D eigenvalue weighted by atomic mass is 10.1. The van der Waals surface area contributed by atoms with Gasteiger partial charge in [0.25, 0.3) is 5.56 Å². The van der Waals surface area contributed by atoms with Gasteiger partial charge in [0.1, 0.15) is 11.5 Å². The Bertz CT molecular complexity index is 1000. The lowest BCUT2D eigenvalue weighted by Gasteiger charge is -2.08. The number of aromatic amines is 1. The van der Waals surface area contributed by atoms with Crippen molar-refractivity contribution in [3.8, 4) is 11.5 Å². The van der Waals surface area contributed by atoms with Crippen molar-refractivity contribution in [3.63, 3.8) is 0 Å². The Morgan fingerprint density at radius 3 is 2.67 bits per heavy atom. The molecule has 0 fully saturated rings. The number of nitrogens with one attached hydrogen (secondary N) is 2. The summed E-state index contributed by atoms with van der Waals surface area (Å²) in [5.74, 6) is -0.226. The summed E-state index contributed by atoms with van der Waals surface area (Å²) in [5, 5.41) is 2.66. The molecule has 138 valence electrons. The highest BCUT2D eigenvalue weighted by atomic mass is 19.1. The molecule has 2 heterocycles. The van der Waals surface area contributed by atoms with Gasteiger partial charge < -0.3 is 10.3 Å². The van der Waals surface area contributed by atoms with Gasteiger partial charge in [0.05, 0.1) is 0 Å². The molecule has 0 bridgehead atoms. The Hall–Kier alpha value is -3.35. The number of nitrogens with zero attached hydrogens (tertiary/aromatic N) is 2. The third-order valence-electron chi connectivity index (χ3n) is 4.17. The molecule has 2 N–H and O–H groups in total. The van der Waals surface area contributed by atoms with Crippen molar-refractivity contribution in [1.82, 2.24) is 20.3 Å². The summed E-state index contributed by atoms with van der Waals surface area (Å²) in [4.78, 5) is 35.7. The van der Waals surface area contributed by atoms with Crippen LogP contribution in [0.1, 0.15) is 23.2 Å². The molecule has 0 aliphatic carbocycles. The number of hydrogen-bond donors (Lipinski definition) is 2. The summed E-state index contributed by atoms with van der Waals surface area (Å²) >= 11 is 0. The van der Waals surface area contributed by atoms with E-state index in [1.54, 1.807) is 43.5 Å². The quantitative estimate of drug-likeness (QED) is 0.702. The molecule has 3 aromatic rings. The minimum atomic E-state index is -0.362. The van der Waals surface area contributed by atoms with Crippen molar-refractivity contribution in [3.05, 3.63) is 81.7 Å². The Morgan fingerprint density at radius 1 is 1.19 bits per heavy atom. The van der Waals surface area contributed by atoms with Gasteiger partial charge in [-0.15, -0.1) is 0 Å². The number of aryl methyl sites for hydroxylation is 1. The zero-order valence-corrected chi connectivity index (χ0v) is 14.8. The first kappa shape index (κ1) is 18.4. The summed E-state index contributed by atoms with van der Waals surface area (Å²) in [6, 6.07) is 11.6. The van der Waals surface area contributed by atoms with Crippen LogP contribution in [-0.2, 0) is 17.8 Å². The molecule has 1 aromatic carbocycles. The van der Waals surface area contributed by atoms with E-state index in [0.717, 1.165) is 0 Å². The van der Waals surface area contributed by atoms with Crippen molar-refractivity contribution < 1.29 is 9.18 Å². The van der Waals surface area contributed by atoms with Gasteiger partial charge in [-0.2, -0.15) is 0 Å². The molecule has 7 heteroatoms. The summed E-state index contributed by atoms with van der Waals surface area (Å²) < 4.78 is 13.6. The SMILES string of the molecule is Cc1nc(-c2ccccn2)[nH]c(=O)c1CCC(=O)NCc1ccccc1F. The molecular weight excluding hydrogens is 347 g/mol. The van der Waals surface area contributed by atoms with E-state index in [1.807, 2.05) is 6.07 Å². The van der Waals surface area contributed by atoms with Crippen LogP contribution in [0.3, 0.4) is 0 Å². The Kier molecular flexibility index (Phi) is 5.71. The molecule has 3 rings (SSSR count). The average Bonchev–Trinajstić information content (AvgIpc) is 2.67. The number of carbonyl (C=O) groups is 1. The van der Waals surface area contributed by atoms with Gasteiger partial charge in [-0.25, -0.2) is 9.37 Å². The normalized spacial score (nSPS) is 10.6. The molecule has 0 spiro atoms. The van der Waals surface area contributed by atoms with Crippen LogP contribution in [0.2, 0.25) is 0 Å². The van der Waals surface area contributed by atoms with Crippen molar-refractivity contribution in [2.24, 2.45) is 0 Å². The van der Waals surface area contributed by atoms with Crippen LogP contribution < -0.4 is 10.9 Å². The number of H-pyrrole nitrogens is 1. The first-order chi connectivity index (χ1) is 13.0. The molecule has 0 radical (unpaired) electrons. The number of carbonyl (C=O) groups excluding carboxylic acids is 1. The van der Waals surface area contributed by atoms with Crippen LogP contribution >= 0.6 is 0 Å². The Balaban J connectivity index is 1.63. The summed E-state index contributed by atoms with van der Waals surface area (Å²) in [6.07, 6.45) is 1.99. The largest absolute Gasteiger partial charge is 0.352 e. The maximum absolute atomic E-state index is 13.6. The standard InChI is InChI=1S/C20H19FN4O2/c1-13-15(20(27)25-19(24-13)17-8-4-5-11-22-17)9-10-18(26)23-12-14-6-2-3-7-16(14)21/h2-8,11H,9-10,12H2,1H3,(H,23,26)(H,24,25,27). The maximum atomic E-state index is 13.6. The number of benzene rings is 1. The first-order valence-corrected chi connectivity index (χ1v) is 8.56. The first-order valence-electron chi connectivity index (χ1n) is 8.56. The van der Waals surface area contributed by atoms with Gasteiger partial charge in [0, 0.05) is 36.0 Å². The average molecular weight is 366 g/mol. The second kappa shape index (κ2) is 8.35. The van der Waals surface area contributed by atoms with E-state index >= 15 is 0 Å². The molecule has 0 aliphatic rings. The highest BCUT2D eigenvalue weighted by molar-refractivity contribution is 5.76. The third kappa shape index (κ3) is 4.63. The monoisotopic (exact) mass is 366 g/mol. The molecule has 6 nitrogen and oxygen atoms in total.